The van der Waals surface area contributed by atoms with E-state index >= 15 is 0 Å². The average Bonchev–Trinajstić information content (AvgIpc) is 3.02. The van der Waals surface area contributed by atoms with Crippen LogP contribution in [-0.2, 0) is 20.8 Å². The minimum absolute atomic E-state index is 0.0728. The van der Waals surface area contributed by atoms with E-state index in [1.807, 2.05) is 28.8 Å². The lowest BCUT2D eigenvalue weighted by Crippen LogP contribution is -2.28. The molecular formula is C16H21ClN4O3S. The predicted octanol–water partition coefficient (Wildman–Crippen LogP) is 2.10. The predicted molar refractivity (Wildman–Crippen MR) is 98.0 cm³/mol. The fraction of sp³-hybridized carbons (Fsp3) is 0.438. The summed E-state index contributed by atoms with van der Waals surface area (Å²) in [6, 6.07) is 7.40. The number of methoxy groups -OCH3 is 2. The second-order valence-electron chi connectivity index (χ2n) is 5.09. The molecule has 0 spiro atoms. The molecule has 1 amide bonds. The van der Waals surface area contributed by atoms with Gasteiger partial charge < -0.3 is 14.8 Å². The minimum atomic E-state index is -0.0728. The smallest absolute Gasteiger partial charge is 0.230 e. The van der Waals surface area contributed by atoms with Gasteiger partial charge in [-0.25, -0.2) is 0 Å². The second-order valence-corrected chi connectivity index (χ2v) is 6.47. The maximum Gasteiger partial charge on any atom is 0.230 e. The summed E-state index contributed by atoms with van der Waals surface area (Å²) in [5, 5.41) is 12.6. The van der Waals surface area contributed by atoms with Crippen molar-refractivity contribution >= 4 is 29.3 Å². The largest absolute Gasteiger partial charge is 0.383 e. The third kappa shape index (κ3) is 6.00. The summed E-state index contributed by atoms with van der Waals surface area (Å²) in [6.45, 7) is 2.09. The Labute approximate surface area is 156 Å². The van der Waals surface area contributed by atoms with Gasteiger partial charge in [-0.1, -0.05) is 23.4 Å². The zero-order valence-electron chi connectivity index (χ0n) is 14.2. The van der Waals surface area contributed by atoms with Crippen LogP contribution in [0.2, 0.25) is 5.02 Å². The Hall–Kier alpha value is -1.61. The molecule has 0 unspecified atom stereocenters. The summed E-state index contributed by atoms with van der Waals surface area (Å²) in [5.74, 6) is 0.905. The van der Waals surface area contributed by atoms with Gasteiger partial charge in [0, 0.05) is 31.4 Å². The van der Waals surface area contributed by atoms with Crippen LogP contribution in [0, 0.1) is 0 Å². The molecule has 25 heavy (non-hydrogen) atoms. The van der Waals surface area contributed by atoms with Crippen LogP contribution in [0.25, 0.3) is 11.4 Å². The van der Waals surface area contributed by atoms with Crippen LogP contribution < -0.4 is 5.32 Å². The number of nitrogens with one attached hydrogen (secondary N) is 1. The molecule has 0 bridgehead atoms. The number of rotatable bonds is 10. The van der Waals surface area contributed by atoms with Crippen LogP contribution in [0.3, 0.4) is 0 Å². The number of nitrogens with zero attached hydrogens (tertiary/aromatic N) is 3. The Bertz CT molecular complexity index is 679. The summed E-state index contributed by atoms with van der Waals surface area (Å²) in [4.78, 5) is 11.8. The van der Waals surface area contributed by atoms with Gasteiger partial charge in [-0.15, -0.1) is 10.2 Å². The highest BCUT2D eigenvalue weighted by Gasteiger charge is 2.15. The van der Waals surface area contributed by atoms with Crippen LogP contribution in [0.1, 0.15) is 0 Å². The number of carbonyl (C=O) groups is 1. The molecule has 0 saturated carbocycles. The Morgan fingerprint density at radius 2 is 1.92 bits per heavy atom. The Balaban J connectivity index is 2.09. The number of thioether (sulfide) groups is 1. The molecule has 0 radical (unpaired) electrons. The first-order valence-electron chi connectivity index (χ1n) is 7.72. The zero-order chi connectivity index (χ0) is 18.1. The number of hydrogen-bond acceptors (Lipinski definition) is 6. The van der Waals surface area contributed by atoms with Crippen LogP contribution in [-0.4, -0.2) is 60.4 Å². The van der Waals surface area contributed by atoms with Gasteiger partial charge in [0.1, 0.15) is 0 Å². The molecule has 0 aliphatic heterocycles. The molecule has 0 aliphatic carbocycles. The van der Waals surface area contributed by atoms with Gasteiger partial charge >= 0.3 is 0 Å². The number of carbonyl (C=O) groups excluding carboxylic acids is 1. The van der Waals surface area contributed by atoms with Crippen LogP contribution in [0.5, 0.6) is 0 Å². The van der Waals surface area contributed by atoms with E-state index in [1.54, 1.807) is 14.2 Å². The van der Waals surface area contributed by atoms with E-state index < -0.39 is 0 Å². The topological polar surface area (TPSA) is 78.3 Å². The van der Waals surface area contributed by atoms with E-state index in [0.29, 0.717) is 36.5 Å². The van der Waals surface area contributed by atoms with E-state index in [9.17, 15) is 4.79 Å². The summed E-state index contributed by atoms with van der Waals surface area (Å²) < 4.78 is 12.0. The number of aromatic nitrogens is 3. The molecule has 2 aromatic rings. The van der Waals surface area contributed by atoms with Gasteiger partial charge in [0.25, 0.3) is 0 Å². The molecule has 136 valence electrons. The number of halogens is 1. The van der Waals surface area contributed by atoms with Gasteiger partial charge in [-0.3, -0.25) is 9.36 Å². The van der Waals surface area contributed by atoms with E-state index in [0.717, 1.165) is 11.4 Å². The van der Waals surface area contributed by atoms with Gasteiger partial charge in [0.15, 0.2) is 11.0 Å². The molecule has 1 heterocycles. The lowest BCUT2D eigenvalue weighted by Gasteiger charge is -2.10. The number of ether oxygens (including phenoxy) is 2. The average molecular weight is 385 g/mol. The van der Waals surface area contributed by atoms with Crippen LogP contribution in [0.15, 0.2) is 29.4 Å². The van der Waals surface area contributed by atoms with Crippen molar-refractivity contribution in [3.05, 3.63) is 29.3 Å². The maximum absolute atomic E-state index is 11.8. The standard InChI is InChI=1S/C16H21ClN4O3S/c1-23-9-7-18-14(22)11-25-16-20-19-15(21(16)8-10-24-2)12-3-5-13(17)6-4-12/h3-6H,7-11H2,1-2H3,(H,18,22). The number of hydrogen-bond donors (Lipinski definition) is 1. The Morgan fingerprint density at radius 3 is 2.60 bits per heavy atom. The van der Waals surface area contributed by atoms with Gasteiger partial charge in [-0.2, -0.15) is 0 Å². The van der Waals surface area contributed by atoms with Gasteiger partial charge in [0.05, 0.1) is 25.5 Å². The molecule has 0 fully saturated rings. The van der Waals surface area contributed by atoms with E-state index in [-0.39, 0.29) is 11.7 Å². The summed E-state index contributed by atoms with van der Waals surface area (Å²) in [7, 11) is 3.24. The van der Waals surface area contributed by atoms with E-state index in [4.69, 9.17) is 21.1 Å². The highest BCUT2D eigenvalue weighted by Crippen LogP contribution is 2.25. The van der Waals surface area contributed by atoms with E-state index in [2.05, 4.69) is 15.5 Å². The third-order valence-corrected chi connectivity index (χ3v) is 4.52. The Morgan fingerprint density at radius 1 is 1.20 bits per heavy atom. The van der Waals surface area contributed by atoms with Crippen molar-refractivity contribution in [2.24, 2.45) is 0 Å². The SMILES string of the molecule is COCCNC(=O)CSc1nnc(-c2ccc(Cl)cc2)n1CCOC. The molecule has 1 aromatic heterocycles. The fourth-order valence-electron chi connectivity index (χ4n) is 2.07. The Kier molecular flexibility index (Phi) is 8.20. The third-order valence-electron chi connectivity index (χ3n) is 3.30. The maximum atomic E-state index is 11.8. The molecule has 1 N–H and O–H groups in total. The zero-order valence-corrected chi connectivity index (χ0v) is 15.8. The van der Waals surface area contributed by atoms with Crippen molar-refractivity contribution in [2.75, 3.05) is 39.7 Å². The summed E-state index contributed by atoms with van der Waals surface area (Å²) in [5.41, 5.74) is 0.907. The number of amides is 1. The number of benzene rings is 1. The van der Waals surface area contributed by atoms with Gasteiger partial charge in [0.2, 0.25) is 5.91 Å². The molecule has 0 saturated heterocycles. The normalized spacial score (nSPS) is 10.8. The second kappa shape index (κ2) is 10.4. The minimum Gasteiger partial charge on any atom is -0.383 e. The molecule has 0 atom stereocenters. The van der Waals surface area contributed by atoms with Crippen molar-refractivity contribution in [3.8, 4) is 11.4 Å². The van der Waals surface area contributed by atoms with Crippen molar-refractivity contribution in [1.82, 2.24) is 20.1 Å². The first kappa shape index (κ1) is 19.7. The molecule has 9 heteroatoms. The first-order chi connectivity index (χ1) is 12.2. The molecule has 1 aromatic carbocycles. The van der Waals surface area contributed by atoms with Crippen molar-refractivity contribution < 1.29 is 14.3 Å². The first-order valence-corrected chi connectivity index (χ1v) is 9.08. The quantitative estimate of drug-likeness (QED) is 0.499. The molecule has 7 nitrogen and oxygen atoms in total. The monoisotopic (exact) mass is 384 g/mol. The van der Waals surface area contributed by atoms with Gasteiger partial charge in [-0.05, 0) is 24.3 Å². The van der Waals surface area contributed by atoms with Crippen LogP contribution in [0.4, 0.5) is 0 Å². The highest BCUT2D eigenvalue weighted by atomic mass is 35.5. The molecular weight excluding hydrogens is 364 g/mol. The molecule has 0 aliphatic rings. The lowest BCUT2D eigenvalue weighted by molar-refractivity contribution is -0.118. The van der Waals surface area contributed by atoms with E-state index in [1.165, 1.54) is 11.8 Å². The fourth-order valence-corrected chi connectivity index (χ4v) is 2.99. The van der Waals surface area contributed by atoms with Crippen molar-refractivity contribution in [2.45, 2.75) is 11.7 Å². The highest BCUT2D eigenvalue weighted by molar-refractivity contribution is 7.99. The van der Waals surface area contributed by atoms with Crippen molar-refractivity contribution in [1.29, 1.82) is 0 Å². The lowest BCUT2D eigenvalue weighted by atomic mass is 10.2. The molecule has 2 rings (SSSR count). The summed E-state index contributed by atoms with van der Waals surface area (Å²) >= 11 is 7.28. The van der Waals surface area contributed by atoms with Crippen molar-refractivity contribution in [3.63, 3.8) is 0 Å². The summed E-state index contributed by atoms with van der Waals surface area (Å²) in [6.07, 6.45) is 0. The van der Waals surface area contributed by atoms with Crippen LogP contribution >= 0.6 is 23.4 Å².